The van der Waals surface area contributed by atoms with Crippen LogP contribution in [0.5, 0.6) is 0 Å². The van der Waals surface area contributed by atoms with E-state index in [-0.39, 0.29) is 21.7 Å². The molecule has 2 aromatic carbocycles. The fourth-order valence-corrected chi connectivity index (χ4v) is 4.54. The third-order valence-corrected chi connectivity index (χ3v) is 6.27. The Balaban J connectivity index is 2.24. The van der Waals surface area contributed by atoms with Crippen LogP contribution in [0, 0.1) is 6.92 Å². The van der Waals surface area contributed by atoms with Crippen LogP contribution in [-0.2, 0) is 10.0 Å². The van der Waals surface area contributed by atoms with Crippen molar-refractivity contribution < 1.29 is 23.1 Å². The fraction of sp³-hybridized carbons (Fsp3) is 0.333. The molecular formula is C21H26N2O5S. The molecule has 0 aromatic heterocycles. The number of hydrogen-bond donors (Lipinski definition) is 2. The van der Waals surface area contributed by atoms with E-state index in [1.165, 1.54) is 40.7 Å². The number of carbonyl (C=O) groups is 2. The van der Waals surface area contributed by atoms with Crippen molar-refractivity contribution in [2.24, 2.45) is 0 Å². The van der Waals surface area contributed by atoms with E-state index in [0.29, 0.717) is 25.9 Å². The van der Waals surface area contributed by atoms with Crippen LogP contribution in [0.15, 0.2) is 47.4 Å². The molecule has 7 nitrogen and oxygen atoms in total. The molecule has 0 aliphatic rings. The topological polar surface area (TPSA) is 104 Å². The second-order valence-electron chi connectivity index (χ2n) is 6.74. The van der Waals surface area contributed by atoms with E-state index in [1.54, 1.807) is 13.0 Å². The third kappa shape index (κ3) is 5.42. The lowest BCUT2D eigenvalue weighted by Gasteiger charge is -2.21. The van der Waals surface area contributed by atoms with E-state index in [1.807, 2.05) is 13.8 Å². The first-order chi connectivity index (χ1) is 13.7. The third-order valence-electron chi connectivity index (χ3n) is 4.35. The number of nitrogens with zero attached hydrogens (tertiary/aromatic N) is 1. The quantitative estimate of drug-likeness (QED) is 0.645. The van der Waals surface area contributed by atoms with Crippen molar-refractivity contribution in [1.29, 1.82) is 0 Å². The molecule has 0 saturated heterocycles. The maximum absolute atomic E-state index is 12.8. The van der Waals surface area contributed by atoms with Crippen LogP contribution in [0.2, 0.25) is 0 Å². The number of aromatic carboxylic acids is 1. The monoisotopic (exact) mass is 418 g/mol. The van der Waals surface area contributed by atoms with Gasteiger partial charge in [-0.15, -0.1) is 0 Å². The number of rotatable bonds is 9. The van der Waals surface area contributed by atoms with Crippen molar-refractivity contribution in [3.8, 4) is 0 Å². The molecule has 1 amide bonds. The highest BCUT2D eigenvalue weighted by molar-refractivity contribution is 7.89. The van der Waals surface area contributed by atoms with Crippen molar-refractivity contribution >= 4 is 27.6 Å². The van der Waals surface area contributed by atoms with Gasteiger partial charge in [0.1, 0.15) is 0 Å². The molecule has 0 bridgehead atoms. The summed E-state index contributed by atoms with van der Waals surface area (Å²) in [4.78, 5) is 24.0. The Labute approximate surface area is 171 Å². The minimum absolute atomic E-state index is 0.00711. The van der Waals surface area contributed by atoms with Gasteiger partial charge in [0.25, 0.3) is 5.91 Å². The molecule has 2 rings (SSSR count). The number of nitrogens with one attached hydrogen (secondary N) is 1. The summed E-state index contributed by atoms with van der Waals surface area (Å²) in [6.45, 7) is 6.47. The molecule has 0 unspecified atom stereocenters. The van der Waals surface area contributed by atoms with E-state index in [0.717, 1.165) is 5.56 Å². The van der Waals surface area contributed by atoms with Gasteiger partial charge in [-0.2, -0.15) is 4.31 Å². The lowest BCUT2D eigenvalue weighted by atomic mass is 10.1. The zero-order chi connectivity index (χ0) is 21.6. The zero-order valence-electron chi connectivity index (χ0n) is 16.8. The van der Waals surface area contributed by atoms with E-state index in [9.17, 15) is 23.1 Å². The second kappa shape index (κ2) is 9.67. The first-order valence-electron chi connectivity index (χ1n) is 9.46. The molecule has 0 aliphatic carbocycles. The van der Waals surface area contributed by atoms with Crippen LogP contribution < -0.4 is 5.32 Å². The number of aryl methyl sites for hydroxylation is 1. The Morgan fingerprint density at radius 3 is 2.10 bits per heavy atom. The van der Waals surface area contributed by atoms with Crippen LogP contribution in [0.1, 0.15) is 53.0 Å². The molecule has 156 valence electrons. The molecule has 0 spiro atoms. The number of hydrogen-bond acceptors (Lipinski definition) is 4. The van der Waals surface area contributed by atoms with Gasteiger partial charge in [-0.05, 0) is 56.2 Å². The van der Waals surface area contributed by atoms with Gasteiger partial charge in [0, 0.05) is 18.7 Å². The minimum Gasteiger partial charge on any atom is -0.478 e. The van der Waals surface area contributed by atoms with Gasteiger partial charge in [-0.3, -0.25) is 4.79 Å². The summed E-state index contributed by atoms with van der Waals surface area (Å²) in [5.41, 5.74) is 1.17. The maximum atomic E-state index is 12.8. The van der Waals surface area contributed by atoms with E-state index < -0.39 is 21.9 Å². The second-order valence-corrected chi connectivity index (χ2v) is 8.67. The number of anilines is 1. The standard InChI is InChI=1S/C21H26N2O5S/c1-4-12-23(13-5-2)29(27,28)17-9-7-16(8-10-17)20(24)22-19-11-6-15(3)14-18(19)21(25)26/h6-11,14H,4-5,12-13H2,1-3H3,(H,22,24)(H,25,26). The summed E-state index contributed by atoms with van der Waals surface area (Å²) >= 11 is 0. The minimum atomic E-state index is -3.63. The van der Waals surface area contributed by atoms with Crippen molar-refractivity contribution in [2.45, 2.75) is 38.5 Å². The van der Waals surface area contributed by atoms with Gasteiger partial charge in [-0.25, -0.2) is 13.2 Å². The van der Waals surface area contributed by atoms with Crippen LogP contribution >= 0.6 is 0 Å². The molecule has 2 aromatic rings. The molecule has 0 fully saturated rings. The molecule has 8 heteroatoms. The van der Waals surface area contributed by atoms with Gasteiger partial charge in [0.05, 0.1) is 16.1 Å². The first kappa shape index (κ1) is 22.6. The molecule has 29 heavy (non-hydrogen) atoms. The lowest BCUT2D eigenvalue weighted by Crippen LogP contribution is -2.32. The highest BCUT2D eigenvalue weighted by Crippen LogP contribution is 2.20. The van der Waals surface area contributed by atoms with Gasteiger partial charge in [0.15, 0.2) is 0 Å². The number of carbonyl (C=O) groups excluding carboxylic acids is 1. The van der Waals surface area contributed by atoms with Crippen molar-refractivity contribution in [3.63, 3.8) is 0 Å². The molecule has 0 aliphatic heterocycles. The van der Waals surface area contributed by atoms with E-state index in [2.05, 4.69) is 5.32 Å². The summed E-state index contributed by atoms with van der Waals surface area (Å²) in [5.74, 6) is -1.66. The summed E-state index contributed by atoms with van der Waals surface area (Å²) in [7, 11) is -3.63. The smallest absolute Gasteiger partial charge is 0.337 e. The first-order valence-corrected chi connectivity index (χ1v) is 10.9. The average Bonchev–Trinajstić information content (AvgIpc) is 2.69. The summed E-state index contributed by atoms with van der Waals surface area (Å²) in [6.07, 6.45) is 1.42. The largest absolute Gasteiger partial charge is 0.478 e. The van der Waals surface area contributed by atoms with Gasteiger partial charge in [0.2, 0.25) is 10.0 Å². The number of benzene rings is 2. The number of sulfonamides is 1. The van der Waals surface area contributed by atoms with E-state index >= 15 is 0 Å². The Bertz CT molecular complexity index is 979. The molecule has 0 heterocycles. The van der Waals surface area contributed by atoms with Crippen LogP contribution in [0.25, 0.3) is 0 Å². The Kier molecular flexibility index (Phi) is 7.53. The molecule has 0 saturated carbocycles. The highest BCUT2D eigenvalue weighted by atomic mass is 32.2. The summed E-state index contributed by atoms with van der Waals surface area (Å²) in [6, 6.07) is 10.4. The van der Waals surface area contributed by atoms with Crippen molar-refractivity contribution in [1.82, 2.24) is 4.31 Å². The van der Waals surface area contributed by atoms with Crippen molar-refractivity contribution in [3.05, 3.63) is 59.2 Å². The van der Waals surface area contributed by atoms with E-state index in [4.69, 9.17) is 0 Å². The maximum Gasteiger partial charge on any atom is 0.337 e. The SMILES string of the molecule is CCCN(CCC)S(=O)(=O)c1ccc(C(=O)Nc2ccc(C)cc2C(=O)O)cc1. The zero-order valence-corrected chi connectivity index (χ0v) is 17.6. The summed E-state index contributed by atoms with van der Waals surface area (Å²) < 4.78 is 27.0. The average molecular weight is 419 g/mol. The molecule has 0 atom stereocenters. The summed E-state index contributed by atoms with van der Waals surface area (Å²) in [5, 5.41) is 11.9. The predicted octanol–water partition coefficient (Wildman–Crippen LogP) is 3.76. The van der Waals surface area contributed by atoms with Gasteiger partial charge in [-0.1, -0.05) is 25.5 Å². The predicted molar refractivity (Wildman–Crippen MR) is 112 cm³/mol. The molecular weight excluding hydrogens is 392 g/mol. The Hall–Kier alpha value is -2.71. The molecule has 0 radical (unpaired) electrons. The van der Waals surface area contributed by atoms with Crippen LogP contribution in [0.3, 0.4) is 0 Å². The number of carboxylic acids is 1. The number of carboxylic acid groups (broad SMARTS) is 1. The fourth-order valence-electron chi connectivity index (χ4n) is 2.92. The van der Waals surface area contributed by atoms with Crippen molar-refractivity contribution in [2.75, 3.05) is 18.4 Å². The number of amides is 1. The molecule has 2 N–H and O–H groups in total. The Morgan fingerprint density at radius 1 is 1.00 bits per heavy atom. The van der Waals surface area contributed by atoms with Gasteiger partial charge < -0.3 is 10.4 Å². The Morgan fingerprint density at radius 2 is 1.59 bits per heavy atom. The van der Waals surface area contributed by atoms with Gasteiger partial charge >= 0.3 is 5.97 Å². The van der Waals surface area contributed by atoms with Crippen LogP contribution in [-0.4, -0.2) is 42.8 Å². The lowest BCUT2D eigenvalue weighted by molar-refractivity contribution is 0.0698. The highest BCUT2D eigenvalue weighted by Gasteiger charge is 2.23. The normalized spacial score (nSPS) is 11.4. The van der Waals surface area contributed by atoms with Crippen LogP contribution in [0.4, 0.5) is 5.69 Å².